The summed E-state index contributed by atoms with van der Waals surface area (Å²) in [5, 5.41) is 8.99. The lowest BCUT2D eigenvalue weighted by Gasteiger charge is -2.34. The van der Waals surface area contributed by atoms with E-state index in [1.807, 2.05) is 12.1 Å². The predicted molar refractivity (Wildman–Crippen MR) is 92.8 cm³/mol. The fourth-order valence-electron chi connectivity index (χ4n) is 3.47. The fourth-order valence-corrected chi connectivity index (χ4v) is 3.89. The highest BCUT2D eigenvalue weighted by Gasteiger charge is 2.46. The van der Waals surface area contributed by atoms with E-state index in [0.717, 1.165) is 23.7 Å². The number of aliphatic carboxylic acids is 1. The van der Waals surface area contributed by atoms with Crippen LogP contribution in [-0.4, -0.2) is 47.7 Å². The van der Waals surface area contributed by atoms with E-state index in [1.54, 1.807) is 4.90 Å². The minimum Gasteiger partial charge on any atom is -0.481 e. The molecular weight excluding hydrogens is 374 g/mol. The Labute approximate surface area is 150 Å². The van der Waals surface area contributed by atoms with Crippen molar-refractivity contribution < 1.29 is 19.4 Å². The highest BCUT2D eigenvalue weighted by atomic mass is 79.9. The van der Waals surface area contributed by atoms with Gasteiger partial charge in [0.1, 0.15) is 0 Å². The Hall–Kier alpha value is -1.40. The molecule has 1 saturated heterocycles. The monoisotopic (exact) mass is 395 g/mol. The number of hydrogen-bond acceptors (Lipinski definition) is 3. The van der Waals surface area contributed by atoms with E-state index >= 15 is 0 Å². The summed E-state index contributed by atoms with van der Waals surface area (Å²) in [5.41, 5.74) is 1.17. The molecule has 1 saturated carbocycles. The van der Waals surface area contributed by atoms with Crippen molar-refractivity contribution in [2.24, 2.45) is 5.92 Å². The summed E-state index contributed by atoms with van der Waals surface area (Å²) in [4.78, 5) is 25.7. The van der Waals surface area contributed by atoms with Gasteiger partial charge in [0, 0.05) is 36.2 Å². The molecule has 2 atom stereocenters. The Balaban J connectivity index is 1.68. The smallest absolute Gasteiger partial charge is 0.305 e. The zero-order valence-corrected chi connectivity index (χ0v) is 15.1. The van der Waals surface area contributed by atoms with Crippen molar-refractivity contribution in [3.63, 3.8) is 0 Å². The van der Waals surface area contributed by atoms with E-state index in [4.69, 9.17) is 9.84 Å². The van der Waals surface area contributed by atoms with Gasteiger partial charge in [0.05, 0.1) is 6.42 Å². The van der Waals surface area contributed by atoms with Crippen LogP contribution in [0, 0.1) is 5.92 Å². The van der Waals surface area contributed by atoms with Gasteiger partial charge in [-0.1, -0.05) is 28.1 Å². The molecule has 6 heteroatoms. The van der Waals surface area contributed by atoms with E-state index in [0.29, 0.717) is 19.8 Å². The summed E-state index contributed by atoms with van der Waals surface area (Å²) in [7, 11) is 0. The molecule has 0 unspecified atom stereocenters. The quantitative estimate of drug-likeness (QED) is 0.803. The Bertz CT molecular complexity index is 615. The summed E-state index contributed by atoms with van der Waals surface area (Å²) in [6.45, 7) is 1.57. The van der Waals surface area contributed by atoms with Gasteiger partial charge in [-0.25, -0.2) is 0 Å². The number of carbonyl (C=O) groups is 2. The number of carbonyl (C=O) groups excluding carboxylic acids is 1. The molecule has 1 amide bonds. The molecule has 5 nitrogen and oxygen atoms in total. The maximum Gasteiger partial charge on any atom is 0.305 e. The van der Waals surface area contributed by atoms with Crippen LogP contribution in [0.5, 0.6) is 0 Å². The van der Waals surface area contributed by atoms with E-state index in [9.17, 15) is 9.59 Å². The first-order valence-electron chi connectivity index (χ1n) is 8.41. The summed E-state index contributed by atoms with van der Waals surface area (Å²) in [5.74, 6) is -0.523. The molecule has 0 spiro atoms. The number of hydrogen-bond donors (Lipinski definition) is 1. The average Bonchev–Trinajstić information content (AvgIpc) is 3.36. The predicted octanol–water partition coefficient (Wildman–Crippen LogP) is 3.03. The van der Waals surface area contributed by atoms with Crippen LogP contribution >= 0.6 is 15.9 Å². The van der Waals surface area contributed by atoms with Gasteiger partial charge in [0.25, 0.3) is 0 Å². The van der Waals surface area contributed by atoms with Crippen LogP contribution in [0.25, 0.3) is 0 Å². The Morgan fingerprint density at radius 1 is 1.29 bits per heavy atom. The number of amides is 1. The summed E-state index contributed by atoms with van der Waals surface area (Å²) >= 11 is 3.47. The van der Waals surface area contributed by atoms with Crippen molar-refractivity contribution in [1.29, 1.82) is 0 Å². The van der Waals surface area contributed by atoms with Gasteiger partial charge in [-0.15, -0.1) is 0 Å². The lowest BCUT2D eigenvalue weighted by molar-refractivity contribution is -0.141. The second-order valence-electron chi connectivity index (χ2n) is 6.52. The number of nitrogens with zero attached hydrogens (tertiary/aromatic N) is 1. The average molecular weight is 396 g/mol. The van der Waals surface area contributed by atoms with Crippen molar-refractivity contribution in [3.8, 4) is 0 Å². The molecule has 1 aliphatic heterocycles. The van der Waals surface area contributed by atoms with Crippen molar-refractivity contribution in [3.05, 3.63) is 34.3 Å². The molecule has 24 heavy (non-hydrogen) atoms. The van der Waals surface area contributed by atoms with Gasteiger partial charge in [0.15, 0.2) is 0 Å². The number of benzene rings is 1. The molecule has 0 bridgehead atoms. The number of ether oxygens (including phenoxy) is 1. The van der Waals surface area contributed by atoms with E-state index in [-0.39, 0.29) is 30.2 Å². The fraction of sp³-hybridized carbons (Fsp3) is 0.556. The number of rotatable bonds is 6. The number of carboxylic acids is 1. The highest BCUT2D eigenvalue weighted by Crippen LogP contribution is 2.49. The molecule has 0 aromatic heterocycles. The van der Waals surface area contributed by atoms with Crippen LogP contribution < -0.4 is 0 Å². The minimum absolute atomic E-state index is 0.00261. The molecule has 130 valence electrons. The van der Waals surface area contributed by atoms with Gasteiger partial charge in [-0.2, -0.15) is 0 Å². The van der Waals surface area contributed by atoms with Crippen LogP contribution in [0.1, 0.15) is 37.2 Å². The van der Waals surface area contributed by atoms with Crippen LogP contribution in [0.15, 0.2) is 28.7 Å². The Morgan fingerprint density at radius 3 is 2.71 bits per heavy atom. The van der Waals surface area contributed by atoms with Gasteiger partial charge in [-0.3, -0.25) is 9.59 Å². The van der Waals surface area contributed by atoms with Gasteiger partial charge >= 0.3 is 5.97 Å². The first-order chi connectivity index (χ1) is 11.6. The van der Waals surface area contributed by atoms with Gasteiger partial charge in [-0.05, 0) is 42.9 Å². The third kappa shape index (κ3) is 4.16. The molecule has 1 aromatic rings. The molecule has 1 aliphatic carbocycles. The first kappa shape index (κ1) is 17.4. The minimum atomic E-state index is -0.862. The van der Waals surface area contributed by atoms with E-state index in [2.05, 4.69) is 28.1 Å². The SMILES string of the molecule is O=C(O)CCN(C(=O)[C@H]1C[C@@H]1c1cccc(Br)c1)C1CCOCC1. The normalized spacial score (nSPS) is 23.7. The highest BCUT2D eigenvalue weighted by molar-refractivity contribution is 9.10. The summed E-state index contributed by atoms with van der Waals surface area (Å²) in [6.07, 6.45) is 2.43. The third-order valence-corrected chi connectivity index (χ3v) is 5.36. The standard InChI is InChI=1S/C18H22BrNO4/c19-13-3-1-2-12(10-13)15-11-16(15)18(23)20(7-4-17(21)22)14-5-8-24-9-6-14/h1-3,10,14-16H,4-9,11H2,(H,21,22)/t15-,16+/m1/s1. The van der Waals surface area contributed by atoms with Crippen molar-refractivity contribution in [2.45, 2.75) is 37.6 Å². The number of carboxylic acid groups (broad SMARTS) is 1. The van der Waals surface area contributed by atoms with Gasteiger partial charge < -0.3 is 14.7 Å². The van der Waals surface area contributed by atoms with Crippen LogP contribution in [-0.2, 0) is 14.3 Å². The maximum absolute atomic E-state index is 13.0. The van der Waals surface area contributed by atoms with Crippen molar-refractivity contribution in [2.75, 3.05) is 19.8 Å². The van der Waals surface area contributed by atoms with Crippen molar-refractivity contribution >= 4 is 27.8 Å². The molecular formula is C18H22BrNO4. The molecule has 1 aromatic carbocycles. The molecule has 1 N–H and O–H groups in total. The van der Waals surface area contributed by atoms with E-state index < -0.39 is 5.97 Å². The van der Waals surface area contributed by atoms with Crippen LogP contribution in [0.2, 0.25) is 0 Å². The molecule has 0 radical (unpaired) electrons. The topological polar surface area (TPSA) is 66.8 Å². The Morgan fingerprint density at radius 2 is 2.04 bits per heavy atom. The van der Waals surface area contributed by atoms with Crippen LogP contribution in [0.3, 0.4) is 0 Å². The van der Waals surface area contributed by atoms with Crippen molar-refractivity contribution in [1.82, 2.24) is 4.90 Å². The Kier molecular flexibility index (Phi) is 5.56. The zero-order chi connectivity index (χ0) is 17.1. The lowest BCUT2D eigenvalue weighted by Crippen LogP contribution is -2.45. The first-order valence-corrected chi connectivity index (χ1v) is 9.21. The zero-order valence-electron chi connectivity index (χ0n) is 13.5. The molecule has 2 fully saturated rings. The summed E-state index contributed by atoms with van der Waals surface area (Å²) < 4.78 is 6.39. The molecule has 2 aliphatic rings. The second-order valence-corrected chi connectivity index (χ2v) is 7.44. The van der Waals surface area contributed by atoms with Crippen LogP contribution in [0.4, 0.5) is 0 Å². The molecule has 1 heterocycles. The largest absolute Gasteiger partial charge is 0.481 e. The molecule has 3 rings (SSSR count). The lowest BCUT2D eigenvalue weighted by atomic mass is 10.0. The van der Waals surface area contributed by atoms with Gasteiger partial charge in [0.2, 0.25) is 5.91 Å². The number of halogens is 1. The second kappa shape index (κ2) is 7.66. The van der Waals surface area contributed by atoms with E-state index in [1.165, 1.54) is 5.56 Å². The maximum atomic E-state index is 13.0. The summed E-state index contributed by atoms with van der Waals surface area (Å²) in [6, 6.07) is 8.19. The third-order valence-electron chi connectivity index (χ3n) is 4.87.